The van der Waals surface area contributed by atoms with Gasteiger partial charge in [-0.2, -0.15) is 0 Å². The van der Waals surface area contributed by atoms with Crippen molar-refractivity contribution in [3.8, 4) is 5.69 Å². The first-order valence-corrected chi connectivity index (χ1v) is 8.38. The van der Waals surface area contributed by atoms with Gasteiger partial charge < -0.3 is 10.6 Å². The van der Waals surface area contributed by atoms with Crippen molar-refractivity contribution in [2.24, 2.45) is 0 Å². The van der Waals surface area contributed by atoms with Gasteiger partial charge in [-0.3, -0.25) is 9.78 Å². The Morgan fingerprint density at radius 3 is 2.96 bits per heavy atom. The third-order valence-corrected chi connectivity index (χ3v) is 4.12. The first-order valence-electron chi connectivity index (χ1n) is 8.38. The molecule has 3 rings (SSSR count). The summed E-state index contributed by atoms with van der Waals surface area (Å²) in [6, 6.07) is 8.03. The molecule has 0 bridgehead atoms. The maximum absolute atomic E-state index is 12.4. The van der Waals surface area contributed by atoms with E-state index >= 15 is 0 Å². The highest BCUT2D eigenvalue weighted by Gasteiger charge is 2.18. The fraction of sp³-hybridized carbons (Fsp3) is 0.333. The number of fused-ring (bicyclic) bond motifs is 1. The maximum Gasteiger partial charge on any atom is 0.273 e. The van der Waals surface area contributed by atoms with E-state index < -0.39 is 0 Å². The first kappa shape index (κ1) is 17.0. The minimum absolute atomic E-state index is 0.204. The lowest BCUT2D eigenvalue weighted by molar-refractivity contribution is 0.0944. The highest BCUT2D eigenvalue weighted by atomic mass is 16.2. The molecule has 0 spiro atoms. The van der Waals surface area contributed by atoms with Crippen molar-refractivity contribution in [3.63, 3.8) is 0 Å². The Hall–Kier alpha value is -2.80. The molecular formula is C18H22N6O. The van der Waals surface area contributed by atoms with E-state index in [2.05, 4.69) is 25.9 Å². The predicted octanol–water partition coefficient (Wildman–Crippen LogP) is 1.85. The summed E-state index contributed by atoms with van der Waals surface area (Å²) >= 11 is 0. The zero-order valence-corrected chi connectivity index (χ0v) is 14.7. The molecule has 2 N–H and O–H groups in total. The number of nitrogens with zero attached hydrogens (tertiary/aromatic N) is 4. The molecule has 25 heavy (non-hydrogen) atoms. The Bertz CT molecular complexity index is 883. The lowest BCUT2D eigenvalue weighted by Gasteiger charge is -2.12. The van der Waals surface area contributed by atoms with Gasteiger partial charge in [0.2, 0.25) is 0 Å². The second-order valence-corrected chi connectivity index (χ2v) is 5.98. The molecule has 0 unspecified atom stereocenters. The Balaban J connectivity index is 1.87. The summed E-state index contributed by atoms with van der Waals surface area (Å²) in [5, 5.41) is 16.5. The second kappa shape index (κ2) is 7.40. The summed E-state index contributed by atoms with van der Waals surface area (Å²) in [5.74, 6) is -0.213. The Morgan fingerprint density at radius 1 is 1.32 bits per heavy atom. The van der Waals surface area contributed by atoms with Crippen molar-refractivity contribution < 1.29 is 4.79 Å². The lowest BCUT2D eigenvalue weighted by Crippen LogP contribution is -2.39. The van der Waals surface area contributed by atoms with Gasteiger partial charge in [0, 0.05) is 35.8 Å². The SMILES string of the molecule is CCN[C@H](C)CNC(=O)c1nnn(-c2cccc3cnccc23)c1C. The van der Waals surface area contributed by atoms with Crippen LogP contribution in [0.15, 0.2) is 36.7 Å². The van der Waals surface area contributed by atoms with Gasteiger partial charge in [-0.1, -0.05) is 24.3 Å². The molecule has 1 amide bonds. The monoisotopic (exact) mass is 338 g/mol. The van der Waals surface area contributed by atoms with E-state index in [1.807, 2.05) is 45.0 Å². The number of amides is 1. The molecule has 0 radical (unpaired) electrons. The normalized spacial score (nSPS) is 12.3. The molecule has 3 aromatic rings. The highest BCUT2D eigenvalue weighted by molar-refractivity contribution is 5.94. The van der Waals surface area contributed by atoms with E-state index in [-0.39, 0.29) is 11.9 Å². The van der Waals surface area contributed by atoms with Crippen LogP contribution in [0.2, 0.25) is 0 Å². The predicted molar refractivity (Wildman–Crippen MR) is 96.9 cm³/mol. The van der Waals surface area contributed by atoms with Gasteiger partial charge in [-0.15, -0.1) is 5.10 Å². The van der Waals surface area contributed by atoms with Crippen LogP contribution in [0, 0.1) is 6.92 Å². The highest BCUT2D eigenvalue weighted by Crippen LogP contribution is 2.22. The topological polar surface area (TPSA) is 84.7 Å². The summed E-state index contributed by atoms with van der Waals surface area (Å²) in [6.07, 6.45) is 3.55. The van der Waals surface area contributed by atoms with E-state index in [0.29, 0.717) is 17.9 Å². The van der Waals surface area contributed by atoms with Crippen molar-refractivity contribution in [2.45, 2.75) is 26.8 Å². The van der Waals surface area contributed by atoms with Gasteiger partial charge in [-0.25, -0.2) is 4.68 Å². The van der Waals surface area contributed by atoms with E-state index in [1.165, 1.54) is 0 Å². The zero-order chi connectivity index (χ0) is 17.8. The zero-order valence-electron chi connectivity index (χ0n) is 14.7. The Morgan fingerprint density at radius 2 is 2.16 bits per heavy atom. The van der Waals surface area contributed by atoms with Crippen LogP contribution in [-0.4, -0.2) is 45.0 Å². The van der Waals surface area contributed by atoms with Gasteiger partial charge in [0.15, 0.2) is 5.69 Å². The molecule has 0 saturated carbocycles. The van der Waals surface area contributed by atoms with Gasteiger partial charge in [0.05, 0.1) is 11.4 Å². The summed E-state index contributed by atoms with van der Waals surface area (Å²) < 4.78 is 1.70. The van der Waals surface area contributed by atoms with Crippen LogP contribution < -0.4 is 10.6 Å². The van der Waals surface area contributed by atoms with Crippen LogP contribution in [0.25, 0.3) is 16.5 Å². The van der Waals surface area contributed by atoms with Gasteiger partial charge in [0.25, 0.3) is 5.91 Å². The third kappa shape index (κ3) is 3.51. The number of rotatable bonds is 6. The molecule has 7 nitrogen and oxygen atoms in total. The van der Waals surface area contributed by atoms with Crippen molar-refractivity contribution in [1.82, 2.24) is 30.6 Å². The Kier molecular flexibility index (Phi) is 5.04. The molecule has 0 fully saturated rings. The third-order valence-electron chi connectivity index (χ3n) is 4.12. The second-order valence-electron chi connectivity index (χ2n) is 5.98. The number of carbonyl (C=O) groups is 1. The van der Waals surface area contributed by atoms with Crippen molar-refractivity contribution in [3.05, 3.63) is 48.0 Å². The Labute approximate surface area is 146 Å². The van der Waals surface area contributed by atoms with Crippen molar-refractivity contribution in [1.29, 1.82) is 0 Å². The average Bonchev–Trinajstić information content (AvgIpc) is 3.01. The van der Waals surface area contributed by atoms with Gasteiger partial charge in [-0.05, 0) is 32.5 Å². The number of pyridine rings is 1. The van der Waals surface area contributed by atoms with Crippen LogP contribution >= 0.6 is 0 Å². The standard InChI is InChI=1S/C18H22N6O/c1-4-20-12(2)10-21-18(25)17-13(3)24(23-22-17)16-7-5-6-14-11-19-9-8-15(14)16/h5-9,11-12,20H,4,10H2,1-3H3,(H,21,25)/t12-/m1/s1. The molecule has 1 atom stereocenters. The minimum Gasteiger partial charge on any atom is -0.349 e. The van der Waals surface area contributed by atoms with Gasteiger partial charge >= 0.3 is 0 Å². The number of aromatic nitrogens is 4. The maximum atomic E-state index is 12.4. The lowest BCUT2D eigenvalue weighted by atomic mass is 10.1. The fourth-order valence-corrected chi connectivity index (χ4v) is 2.81. The quantitative estimate of drug-likeness (QED) is 0.716. The van der Waals surface area contributed by atoms with Crippen LogP contribution in [0.3, 0.4) is 0 Å². The molecule has 130 valence electrons. The molecule has 2 aromatic heterocycles. The molecule has 2 heterocycles. The number of hydrogen-bond acceptors (Lipinski definition) is 5. The van der Waals surface area contributed by atoms with Crippen LogP contribution in [-0.2, 0) is 0 Å². The molecule has 7 heteroatoms. The fourth-order valence-electron chi connectivity index (χ4n) is 2.81. The molecule has 0 saturated heterocycles. The van der Waals surface area contributed by atoms with E-state index in [1.54, 1.807) is 17.1 Å². The summed E-state index contributed by atoms with van der Waals surface area (Å²) in [7, 11) is 0. The molecule has 0 aliphatic rings. The van der Waals surface area contributed by atoms with Crippen LogP contribution in [0.4, 0.5) is 0 Å². The number of nitrogens with one attached hydrogen (secondary N) is 2. The van der Waals surface area contributed by atoms with Crippen LogP contribution in [0.5, 0.6) is 0 Å². The largest absolute Gasteiger partial charge is 0.349 e. The molecule has 0 aliphatic heterocycles. The average molecular weight is 338 g/mol. The number of likely N-dealkylation sites (N-methyl/N-ethyl adjacent to an activating group) is 1. The molecule has 0 aliphatic carbocycles. The van der Waals surface area contributed by atoms with Gasteiger partial charge in [0.1, 0.15) is 0 Å². The number of carbonyl (C=O) groups excluding carboxylic acids is 1. The summed E-state index contributed by atoms with van der Waals surface area (Å²) in [4.78, 5) is 16.6. The first-order chi connectivity index (χ1) is 12.1. The molecule has 1 aromatic carbocycles. The molecular weight excluding hydrogens is 316 g/mol. The number of hydrogen-bond donors (Lipinski definition) is 2. The smallest absolute Gasteiger partial charge is 0.273 e. The van der Waals surface area contributed by atoms with E-state index in [4.69, 9.17) is 0 Å². The summed E-state index contributed by atoms with van der Waals surface area (Å²) in [6.45, 7) is 7.31. The number of benzene rings is 1. The van der Waals surface area contributed by atoms with Crippen molar-refractivity contribution >= 4 is 16.7 Å². The minimum atomic E-state index is -0.213. The summed E-state index contributed by atoms with van der Waals surface area (Å²) in [5.41, 5.74) is 1.93. The van der Waals surface area contributed by atoms with E-state index in [0.717, 1.165) is 23.0 Å². The van der Waals surface area contributed by atoms with Crippen molar-refractivity contribution in [2.75, 3.05) is 13.1 Å². The van der Waals surface area contributed by atoms with Crippen LogP contribution in [0.1, 0.15) is 30.0 Å². The van der Waals surface area contributed by atoms with E-state index in [9.17, 15) is 4.79 Å².